The SMILES string of the molecule is O=C(NC(=S)Nc1ccc2oc(-c3c(F)c(F)c(F)c(F)c3F)nc2c1)c1ccc([N+](=O)[O-])cc1. The number of nitrogens with zero attached hydrogens (tertiary/aromatic N) is 2. The molecule has 1 heterocycles. The first kappa shape index (κ1) is 23.7. The molecule has 4 aromatic rings. The highest BCUT2D eigenvalue weighted by atomic mass is 32.1. The molecule has 0 bridgehead atoms. The summed E-state index contributed by atoms with van der Waals surface area (Å²) in [7, 11) is 0. The minimum Gasteiger partial charge on any atom is -0.436 e. The van der Waals surface area contributed by atoms with Gasteiger partial charge in [-0.25, -0.2) is 26.9 Å². The number of halogens is 5. The maximum absolute atomic E-state index is 14.1. The average Bonchev–Trinajstić information content (AvgIpc) is 3.24. The number of amides is 1. The van der Waals surface area contributed by atoms with E-state index in [4.69, 9.17) is 16.6 Å². The number of non-ortho nitro benzene ring substituents is 1. The highest BCUT2D eigenvalue weighted by Crippen LogP contribution is 2.33. The summed E-state index contributed by atoms with van der Waals surface area (Å²) in [5.41, 5.74) is -1.23. The fraction of sp³-hybridized carbons (Fsp3) is 0. The fourth-order valence-electron chi connectivity index (χ4n) is 2.98. The number of carbonyl (C=O) groups is 1. The lowest BCUT2D eigenvalue weighted by atomic mass is 10.1. The van der Waals surface area contributed by atoms with Gasteiger partial charge in [-0.1, -0.05) is 0 Å². The van der Waals surface area contributed by atoms with E-state index in [-0.39, 0.29) is 33.2 Å². The van der Waals surface area contributed by atoms with Crippen LogP contribution in [0.15, 0.2) is 46.9 Å². The van der Waals surface area contributed by atoms with Crippen LogP contribution in [-0.2, 0) is 0 Å². The first-order valence-corrected chi connectivity index (χ1v) is 9.77. The molecule has 0 spiro atoms. The Balaban J connectivity index is 1.54. The molecule has 4 rings (SSSR count). The monoisotopic (exact) mass is 508 g/mol. The van der Waals surface area contributed by atoms with Crippen LogP contribution in [0, 0.1) is 39.2 Å². The third kappa shape index (κ3) is 4.50. The molecule has 0 aliphatic rings. The molecular weight excluding hydrogens is 499 g/mol. The Morgan fingerprint density at radius 1 is 0.943 bits per heavy atom. The van der Waals surface area contributed by atoms with Crippen molar-refractivity contribution in [2.75, 3.05) is 5.32 Å². The Morgan fingerprint density at radius 3 is 2.14 bits per heavy atom. The zero-order valence-electron chi connectivity index (χ0n) is 16.9. The number of anilines is 1. The summed E-state index contributed by atoms with van der Waals surface area (Å²) < 4.78 is 73.6. The molecule has 0 saturated carbocycles. The predicted octanol–water partition coefficient (Wildman–Crippen LogP) is 5.23. The Labute approximate surface area is 196 Å². The number of fused-ring (bicyclic) bond motifs is 1. The van der Waals surface area contributed by atoms with Crippen LogP contribution in [-0.4, -0.2) is 20.9 Å². The molecule has 0 aliphatic carbocycles. The van der Waals surface area contributed by atoms with Gasteiger partial charge < -0.3 is 9.73 Å². The van der Waals surface area contributed by atoms with Crippen molar-refractivity contribution >= 4 is 45.7 Å². The van der Waals surface area contributed by atoms with E-state index >= 15 is 0 Å². The molecule has 0 saturated heterocycles. The highest BCUT2D eigenvalue weighted by molar-refractivity contribution is 7.80. The van der Waals surface area contributed by atoms with Gasteiger partial charge in [-0.15, -0.1) is 0 Å². The van der Waals surface area contributed by atoms with Crippen LogP contribution in [0.1, 0.15) is 10.4 Å². The van der Waals surface area contributed by atoms with E-state index in [0.29, 0.717) is 0 Å². The van der Waals surface area contributed by atoms with Crippen molar-refractivity contribution in [3.05, 3.63) is 87.2 Å². The van der Waals surface area contributed by atoms with E-state index < -0.39 is 51.4 Å². The van der Waals surface area contributed by atoms with Gasteiger partial charge in [0.2, 0.25) is 11.7 Å². The predicted molar refractivity (Wildman–Crippen MR) is 116 cm³/mol. The Kier molecular flexibility index (Phi) is 6.13. The van der Waals surface area contributed by atoms with E-state index in [9.17, 15) is 36.9 Å². The molecule has 2 N–H and O–H groups in total. The molecule has 0 radical (unpaired) electrons. The van der Waals surface area contributed by atoms with Gasteiger partial charge in [-0.05, 0) is 42.5 Å². The largest absolute Gasteiger partial charge is 0.436 e. The van der Waals surface area contributed by atoms with Crippen molar-refractivity contribution in [2.24, 2.45) is 0 Å². The summed E-state index contributed by atoms with van der Waals surface area (Å²) in [6.45, 7) is 0. The standard InChI is InChI=1S/C21H9F5N4O4S/c22-14-13(15(23)17(25)18(26)16(14)24)20-28-11-7-9(3-6-12(11)34-20)27-21(35)29-19(31)8-1-4-10(5-2-8)30(32)33/h1-7H,(H2,27,29,31,35). The Morgan fingerprint density at radius 2 is 1.54 bits per heavy atom. The van der Waals surface area contributed by atoms with E-state index in [1.807, 2.05) is 0 Å². The Hall–Kier alpha value is -4.46. The molecule has 0 atom stereocenters. The van der Waals surface area contributed by atoms with Gasteiger partial charge in [-0.2, -0.15) is 0 Å². The van der Waals surface area contributed by atoms with Crippen LogP contribution >= 0.6 is 12.2 Å². The number of nitro groups is 1. The van der Waals surface area contributed by atoms with Crippen LogP contribution in [0.4, 0.5) is 33.3 Å². The van der Waals surface area contributed by atoms with E-state index in [2.05, 4.69) is 15.6 Å². The first-order chi connectivity index (χ1) is 16.6. The lowest BCUT2D eigenvalue weighted by Gasteiger charge is -2.09. The van der Waals surface area contributed by atoms with E-state index in [1.165, 1.54) is 30.3 Å². The van der Waals surface area contributed by atoms with Crippen LogP contribution in [0.2, 0.25) is 0 Å². The molecule has 1 amide bonds. The molecule has 3 aromatic carbocycles. The fourth-order valence-corrected chi connectivity index (χ4v) is 3.19. The van der Waals surface area contributed by atoms with Gasteiger partial charge in [0, 0.05) is 23.4 Å². The lowest BCUT2D eigenvalue weighted by molar-refractivity contribution is -0.384. The summed E-state index contributed by atoms with van der Waals surface area (Å²) in [6, 6.07) is 8.73. The van der Waals surface area contributed by atoms with Crippen LogP contribution < -0.4 is 10.6 Å². The number of carbonyl (C=O) groups excluding carboxylic acids is 1. The summed E-state index contributed by atoms with van der Waals surface area (Å²) in [5.74, 6) is -12.3. The number of nitro benzene ring substituents is 1. The van der Waals surface area contributed by atoms with Gasteiger partial charge in [-0.3, -0.25) is 20.2 Å². The topological polar surface area (TPSA) is 110 Å². The zero-order chi connectivity index (χ0) is 25.4. The molecule has 0 fully saturated rings. The second kappa shape index (κ2) is 9.06. The van der Waals surface area contributed by atoms with E-state index in [1.54, 1.807) is 0 Å². The van der Waals surface area contributed by atoms with E-state index in [0.717, 1.165) is 12.1 Å². The second-order valence-electron chi connectivity index (χ2n) is 6.86. The normalized spacial score (nSPS) is 10.9. The molecule has 14 heteroatoms. The molecular formula is C21H9F5N4O4S. The number of hydrogen-bond donors (Lipinski definition) is 2. The number of benzene rings is 3. The maximum atomic E-state index is 14.1. The van der Waals surface area contributed by atoms with Crippen molar-refractivity contribution in [3.8, 4) is 11.5 Å². The smallest absolute Gasteiger partial charge is 0.269 e. The van der Waals surface area contributed by atoms with Gasteiger partial charge in [0.05, 0.1) is 4.92 Å². The number of aromatic nitrogens is 1. The number of hydrogen-bond acceptors (Lipinski definition) is 6. The molecule has 0 aliphatic heterocycles. The third-order valence-corrected chi connectivity index (χ3v) is 4.84. The van der Waals surface area contributed by atoms with Crippen molar-refractivity contribution < 1.29 is 36.1 Å². The van der Waals surface area contributed by atoms with Gasteiger partial charge in [0.1, 0.15) is 11.1 Å². The molecule has 0 unspecified atom stereocenters. The van der Waals surface area contributed by atoms with Crippen molar-refractivity contribution in [2.45, 2.75) is 0 Å². The average molecular weight is 508 g/mol. The van der Waals surface area contributed by atoms with Crippen LogP contribution in [0.3, 0.4) is 0 Å². The van der Waals surface area contributed by atoms with Crippen LogP contribution in [0.5, 0.6) is 0 Å². The number of oxazole rings is 1. The lowest BCUT2D eigenvalue weighted by Crippen LogP contribution is -2.34. The second-order valence-corrected chi connectivity index (χ2v) is 7.27. The quantitative estimate of drug-likeness (QED) is 0.0971. The van der Waals surface area contributed by atoms with Gasteiger partial charge in [0.15, 0.2) is 34.0 Å². The molecule has 35 heavy (non-hydrogen) atoms. The molecule has 8 nitrogen and oxygen atoms in total. The molecule has 1 aromatic heterocycles. The Bertz CT molecular complexity index is 1500. The van der Waals surface area contributed by atoms with Crippen LogP contribution in [0.25, 0.3) is 22.6 Å². The minimum absolute atomic E-state index is 0.0153. The maximum Gasteiger partial charge on any atom is 0.269 e. The first-order valence-electron chi connectivity index (χ1n) is 9.36. The highest BCUT2D eigenvalue weighted by Gasteiger charge is 2.29. The molecule has 178 valence electrons. The summed E-state index contributed by atoms with van der Waals surface area (Å²) in [5, 5.41) is 15.5. The number of rotatable bonds is 4. The zero-order valence-corrected chi connectivity index (χ0v) is 17.7. The van der Waals surface area contributed by atoms with Crippen molar-refractivity contribution in [3.63, 3.8) is 0 Å². The summed E-state index contributed by atoms with van der Waals surface area (Å²) in [4.78, 5) is 26.1. The van der Waals surface area contributed by atoms with Gasteiger partial charge in [0.25, 0.3) is 11.6 Å². The minimum atomic E-state index is -2.31. The number of thiocarbonyl (C=S) groups is 1. The summed E-state index contributed by atoms with van der Waals surface area (Å²) in [6.07, 6.45) is 0. The van der Waals surface area contributed by atoms with Crippen molar-refractivity contribution in [1.29, 1.82) is 0 Å². The summed E-state index contributed by atoms with van der Waals surface area (Å²) >= 11 is 5.05. The number of nitrogens with one attached hydrogen (secondary N) is 2. The van der Waals surface area contributed by atoms with Gasteiger partial charge >= 0.3 is 0 Å². The third-order valence-electron chi connectivity index (χ3n) is 4.64. The van der Waals surface area contributed by atoms with Crippen molar-refractivity contribution in [1.82, 2.24) is 10.3 Å².